The van der Waals surface area contributed by atoms with Crippen molar-refractivity contribution in [3.8, 4) is 28.7 Å². The topological polar surface area (TPSA) is 143 Å². The van der Waals surface area contributed by atoms with Gasteiger partial charge in [0, 0.05) is 30.9 Å². The Balaban J connectivity index is 1.22. The third-order valence-electron chi connectivity index (χ3n) is 12.2. The van der Waals surface area contributed by atoms with E-state index in [4.69, 9.17) is 9.47 Å². The highest BCUT2D eigenvalue weighted by Crippen LogP contribution is 2.39. The van der Waals surface area contributed by atoms with Crippen LogP contribution in [0.25, 0.3) is 10.8 Å². The number of nitrogens with zero attached hydrogens (tertiary/aromatic N) is 1. The Morgan fingerprint density at radius 3 is 2.37 bits per heavy atom. The Morgan fingerprint density at radius 2 is 1.62 bits per heavy atom. The molecule has 5 N–H and O–H groups in total. The van der Waals surface area contributed by atoms with Crippen molar-refractivity contribution in [1.82, 2.24) is 10.3 Å². The summed E-state index contributed by atoms with van der Waals surface area (Å²) < 4.78 is 12.1. The van der Waals surface area contributed by atoms with Gasteiger partial charge < -0.3 is 40.2 Å². The molecule has 1 aliphatic rings. The number of aryl methyl sites for hydroxylation is 1. The van der Waals surface area contributed by atoms with Crippen molar-refractivity contribution in [2.24, 2.45) is 5.92 Å². The number of aliphatic hydroxyl groups is 1. The van der Waals surface area contributed by atoms with Crippen LogP contribution in [0.4, 0.5) is 0 Å². The van der Waals surface area contributed by atoms with Crippen LogP contribution in [-0.4, -0.2) is 52.6 Å². The molecule has 0 unspecified atom stereocenters. The molecule has 1 aromatic heterocycles. The van der Waals surface area contributed by atoms with Gasteiger partial charge in [0.1, 0.15) is 11.5 Å². The van der Waals surface area contributed by atoms with E-state index in [0.717, 1.165) is 76.3 Å². The van der Waals surface area contributed by atoms with E-state index in [1.165, 1.54) is 5.56 Å². The first-order chi connectivity index (χ1) is 29.1. The van der Waals surface area contributed by atoms with Gasteiger partial charge in [-0.3, -0.25) is 4.79 Å². The number of methoxy groups -OCH3 is 1. The van der Waals surface area contributed by atoms with Crippen LogP contribution < -0.4 is 19.8 Å². The molecule has 1 saturated carbocycles. The molecule has 0 radical (unpaired) electrons. The second kappa shape index (κ2) is 19.5. The van der Waals surface area contributed by atoms with Crippen LogP contribution in [-0.2, 0) is 43.4 Å². The summed E-state index contributed by atoms with van der Waals surface area (Å²) in [5.41, 5.74) is 7.33. The summed E-state index contributed by atoms with van der Waals surface area (Å²) in [5.74, 6) is -0.348. The van der Waals surface area contributed by atoms with E-state index >= 15 is 0 Å². The van der Waals surface area contributed by atoms with Crippen LogP contribution in [0.1, 0.15) is 89.5 Å². The van der Waals surface area contributed by atoms with Crippen LogP contribution in [0.2, 0.25) is 0 Å². The number of hydrogen-bond acceptors (Lipinski definition) is 8. The smallest absolute Gasteiger partial charge is 0.164 e. The summed E-state index contributed by atoms with van der Waals surface area (Å²) in [6, 6.07) is 28.6. The number of carbonyl (C=O) groups excluding carboxylic acids is 1. The molecule has 9 nitrogen and oxygen atoms in total. The number of Topliss-reactive ketones (excluding diaryl/α,β-unsaturated/α-hetero) is 1. The molecule has 1 aliphatic carbocycles. The first-order valence-electron chi connectivity index (χ1n) is 21.2. The number of ether oxygens (including phenoxy) is 2. The fourth-order valence-corrected chi connectivity index (χ4v) is 9.08. The number of benzene rings is 5. The van der Waals surface area contributed by atoms with Gasteiger partial charge in [-0.1, -0.05) is 73.2 Å². The molecule has 0 aliphatic heterocycles. The summed E-state index contributed by atoms with van der Waals surface area (Å²) in [6.07, 6.45) is 8.89. The third kappa shape index (κ3) is 9.97. The maximum atomic E-state index is 14.8. The summed E-state index contributed by atoms with van der Waals surface area (Å²) in [5, 5.41) is 50.4. The molecule has 3 atom stereocenters. The van der Waals surface area contributed by atoms with Gasteiger partial charge in [-0.15, -0.1) is 0 Å². The fourth-order valence-electron chi connectivity index (χ4n) is 9.08. The van der Waals surface area contributed by atoms with Gasteiger partial charge in [0.15, 0.2) is 23.0 Å². The van der Waals surface area contributed by atoms with Crippen molar-refractivity contribution in [1.29, 1.82) is 0 Å². The van der Waals surface area contributed by atoms with Crippen LogP contribution in [0.3, 0.4) is 0 Å². The van der Waals surface area contributed by atoms with Gasteiger partial charge in [0.25, 0.3) is 0 Å². The number of rotatable bonds is 19. The second-order valence-electron chi connectivity index (χ2n) is 16.3. The molecular formula is C51H57N2O7-. The number of aromatic hydroxyl groups is 3. The number of aromatic nitrogens is 1. The largest absolute Gasteiger partial charge is 0.670 e. The Labute approximate surface area is 353 Å². The molecule has 0 saturated heterocycles. The van der Waals surface area contributed by atoms with Crippen molar-refractivity contribution < 1.29 is 34.7 Å². The maximum absolute atomic E-state index is 14.8. The predicted molar refractivity (Wildman–Crippen MR) is 235 cm³/mol. The number of ketones is 1. The number of nitrogens with one attached hydrogen (secondary N) is 1. The number of aliphatic hydroxyl groups excluding tert-OH is 1. The van der Waals surface area contributed by atoms with Gasteiger partial charge in [0.05, 0.1) is 19.3 Å². The zero-order chi connectivity index (χ0) is 42.2. The zero-order valence-corrected chi connectivity index (χ0v) is 34.9. The van der Waals surface area contributed by atoms with E-state index in [1.54, 1.807) is 49.8 Å². The van der Waals surface area contributed by atoms with Gasteiger partial charge in [-0.25, -0.2) is 0 Å². The number of phenols is 3. The fraction of sp³-hybridized carbons (Fsp3) is 0.353. The standard InChI is InChI=1S/C51H57N2O7/c1-4-35-14-15-36-9-5-8-12-42(36)43(35)28-45-37(16-18-47(56)51(45)59-3)26-39(21-33-19-20-53-31-33)48(57)29-49(58)44(38-22-34(30-52-2)23-40(54)27-38)24-32-13-17-46(55)50(25-32)60-41-10-6-7-11-41/h5,8-9,12-20,22-23,25,27,31,39,41,44,48,52,54-57H,4,6-7,10-11,21,24,26,28-30H2,1-3H3/q-1/t39-,44+,48+/m0/s1. The Hall–Kier alpha value is -5.77. The van der Waals surface area contributed by atoms with E-state index in [2.05, 4.69) is 41.5 Å². The van der Waals surface area contributed by atoms with Gasteiger partial charge in [-0.2, -0.15) is 12.4 Å². The van der Waals surface area contributed by atoms with Gasteiger partial charge >= 0.3 is 0 Å². The van der Waals surface area contributed by atoms with Crippen molar-refractivity contribution in [2.45, 2.75) is 95.8 Å². The Bertz CT molecular complexity index is 2380. The molecule has 6 aromatic rings. The minimum absolute atomic E-state index is 0.0401. The van der Waals surface area contributed by atoms with Crippen LogP contribution in [0, 0.1) is 5.92 Å². The lowest BCUT2D eigenvalue weighted by Crippen LogP contribution is -2.30. The number of carbonyl (C=O) groups is 1. The van der Waals surface area contributed by atoms with E-state index in [9.17, 15) is 25.2 Å². The normalized spacial score (nSPS) is 14.6. The SMILES string of the molecule is CCc1ccc2ccccc2c1Cc1c(C[C@H](Cc2cc[n-]c2)[C@H](O)CC(=O)[C@H](Cc2ccc(O)c(OC3CCCC3)c2)c2cc(O)cc(CNC)c2)ccc(O)c1OC. The highest BCUT2D eigenvalue weighted by atomic mass is 16.5. The lowest BCUT2D eigenvalue weighted by molar-refractivity contribution is -0.123. The monoisotopic (exact) mass is 809 g/mol. The quantitative estimate of drug-likeness (QED) is 0.0543. The van der Waals surface area contributed by atoms with Crippen molar-refractivity contribution >= 4 is 16.6 Å². The van der Waals surface area contributed by atoms with Gasteiger partial charge in [0.2, 0.25) is 0 Å². The Kier molecular flexibility index (Phi) is 13.8. The first-order valence-corrected chi connectivity index (χ1v) is 21.2. The highest BCUT2D eigenvalue weighted by Gasteiger charge is 2.30. The zero-order valence-electron chi connectivity index (χ0n) is 34.9. The predicted octanol–water partition coefficient (Wildman–Crippen LogP) is 8.86. The van der Waals surface area contributed by atoms with Crippen LogP contribution in [0.5, 0.6) is 28.7 Å². The van der Waals surface area contributed by atoms with Crippen molar-refractivity contribution in [3.05, 3.63) is 148 Å². The summed E-state index contributed by atoms with van der Waals surface area (Å²) in [4.78, 5) is 19.1. The summed E-state index contributed by atoms with van der Waals surface area (Å²) >= 11 is 0. The Morgan fingerprint density at radius 1 is 0.833 bits per heavy atom. The van der Waals surface area contributed by atoms with Crippen molar-refractivity contribution in [3.63, 3.8) is 0 Å². The molecule has 9 heteroatoms. The molecule has 0 bridgehead atoms. The van der Waals surface area contributed by atoms with E-state index < -0.39 is 17.9 Å². The van der Waals surface area contributed by atoms with Crippen LogP contribution >= 0.6 is 0 Å². The third-order valence-corrected chi connectivity index (χ3v) is 12.2. The highest BCUT2D eigenvalue weighted by molar-refractivity contribution is 5.88. The number of phenolic OH excluding ortho intramolecular Hbond substituents is 3. The molecule has 60 heavy (non-hydrogen) atoms. The van der Waals surface area contributed by atoms with E-state index in [1.807, 2.05) is 43.4 Å². The minimum Gasteiger partial charge on any atom is -0.670 e. The molecule has 0 amide bonds. The first kappa shape index (κ1) is 42.4. The minimum atomic E-state index is -1.05. The summed E-state index contributed by atoms with van der Waals surface area (Å²) in [6.45, 7) is 2.64. The van der Waals surface area contributed by atoms with Gasteiger partial charge in [-0.05, 0) is 139 Å². The molecule has 7 rings (SSSR count). The molecule has 0 spiro atoms. The lowest BCUT2D eigenvalue weighted by Gasteiger charge is -2.27. The maximum Gasteiger partial charge on any atom is 0.164 e. The molecule has 1 heterocycles. The molecule has 314 valence electrons. The number of fused-ring (bicyclic) bond motifs is 1. The van der Waals surface area contributed by atoms with E-state index in [-0.39, 0.29) is 42.0 Å². The number of hydrogen-bond donors (Lipinski definition) is 5. The average Bonchev–Trinajstić information content (AvgIpc) is 3.97. The van der Waals surface area contributed by atoms with E-state index in [0.29, 0.717) is 42.9 Å². The van der Waals surface area contributed by atoms with Crippen LogP contribution in [0.15, 0.2) is 103 Å². The molecule has 5 aromatic carbocycles. The lowest BCUT2D eigenvalue weighted by atomic mass is 9.80. The molecular weight excluding hydrogens is 753 g/mol. The average molecular weight is 810 g/mol. The van der Waals surface area contributed by atoms with Crippen molar-refractivity contribution in [2.75, 3.05) is 14.2 Å². The molecule has 1 fully saturated rings. The second-order valence-corrected chi connectivity index (χ2v) is 16.3. The summed E-state index contributed by atoms with van der Waals surface area (Å²) in [7, 11) is 3.39.